The van der Waals surface area contributed by atoms with Crippen molar-refractivity contribution in [1.82, 2.24) is 0 Å². The molecule has 4 rings (SSSR count). The van der Waals surface area contributed by atoms with E-state index in [0.717, 1.165) is 33.0 Å². The SMILES string of the molecule is CCOP(=O)(OCC)SC1=CC(c2ccccc2)(c2ccccc2Cl)Oc2ccccc21. The van der Waals surface area contributed by atoms with Crippen molar-refractivity contribution in [3.63, 3.8) is 0 Å². The van der Waals surface area contributed by atoms with Crippen molar-refractivity contribution in [2.45, 2.75) is 19.4 Å². The number of halogens is 1. The third-order valence-corrected chi connectivity index (χ3v) is 9.15. The summed E-state index contributed by atoms with van der Waals surface area (Å²) in [6.07, 6.45) is 1.97. The van der Waals surface area contributed by atoms with Crippen LogP contribution in [-0.4, -0.2) is 13.2 Å². The largest absolute Gasteiger partial charge is 0.473 e. The van der Waals surface area contributed by atoms with Crippen molar-refractivity contribution >= 4 is 34.7 Å². The normalized spacial score (nSPS) is 17.9. The molecule has 0 aromatic heterocycles. The van der Waals surface area contributed by atoms with Gasteiger partial charge in [-0.1, -0.05) is 78.3 Å². The van der Waals surface area contributed by atoms with Crippen molar-refractivity contribution in [3.05, 3.63) is 107 Å². The Morgan fingerprint density at radius 3 is 2.22 bits per heavy atom. The Morgan fingerprint density at radius 2 is 1.53 bits per heavy atom. The quantitative estimate of drug-likeness (QED) is 0.302. The molecule has 0 saturated carbocycles. The summed E-state index contributed by atoms with van der Waals surface area (Å²) in [5, 5.41) is 0.578. The number of hydrogen-bond acceptors (Lipinski definition) is 5. The predicted octanol–water partition coefficient (Wildman–Crippen LogP) is 7.93. The maximum absolute atomic E-state index is 13.5. The monoisotopic (exact) mass is 486 g/mol. The summed E-state index contributed by atoms with van der Waals surface area (Å²) in [6, 6.07) is 25.2. The molecule has 1 heterocycles. The van der Waals surface area contributed by atoms with E-state index in [1.165, 1.54) is 0 Å². The van der Waals surface area contributed by atoms with E-state index in [4.69, 9.17) is 25.4 Å². The van der Waals surface area contributed by atoms with Gasteiger partial charge in [-0.2, -0.15) is 0 Å². The van der Waals surface area contributed by atoms with Crippen molar-refractivity contribution in [1.29, 1.82) is 0 Å². The number of benzene rings is 3. The molecule has 32 heavy (non-hydrogen) atoms. The van der Waals surface area contributed by atoms with Gasteiger partial charge < -0.3 is 13.8 Å². The minimum absolute atomic E-state index is 0.282. The van der Waals surface area contributed by atoms with Crippen LogP contribution >= 0.6 is 29.8 Å². The molecule has 1 unspecified atom stereocenters. The first-order valence-electron chi connectivity index (χ1n) is 10.4. The van der Waals surface area contributed by atoms with E-state index in [0.29, 0.717) is 10.8 Å². The molecule has 3 aromatic rings. The molecular formula is C25H24ClO4PS. The van der Waals surface area contributed by atoms with Crippen LogP contribution in [0.4, 0.5) is 0 Å². The van der Waals surface area contributed by atoms with Gasteiger partial charge in [0.05, 0.1) is 13.2 Å². The predicted molar refractivity (Wildman–Crippen MR) is 132 cm³/mol. The molecule has 166 valence electrons. The maximum Gasteiger partial charge on any atom is 0.393 e. The molecule has 7 heteroatoms. The van der Waals surface area contributed by atoms with E-state index in [1.54, 1.807) is 13.8 Å². The Hall–Kier alpha value is -2.01. The molecule has 0 aliphatic carbocycles. The number of ether oxygens (including phenoxy) is 1. The van der Waals surface area contributed by atoms with E-state index in [2.05, 4.69) is 0 Å². The zero-order valence-corrected chi connectivity index (χ0v) is 20.3. The van der Waals surface area contributed by atoms with Gasteiger partial charge in [0.25, 0.3) is 0 Å². The number of hydrogen-bond donors (Lipinski definition) is 0. The maximum atomic E-state index is 13.5. The minimum atomic E-state index is -3.43. The highest BCUT2D eigenvalue weighted by Gasteiger charge is 2.42. The van der Waals surface area contributed by atoms with Gasteiger partial charge in [-0.25, -0.2) is 4.57 Å². The van der Waals surface area contributed by atoms with Crippen LogP contribution in [0.3, 0.4) is 0 Å². The summed E-state index contributed by atoms with van der Waals surface area (Å²) in [7, 11) is 0. The molecule has 0 amide bonds. The summed E-state index contributed by atoms with van der Waals surface area (Å²) in [5.74, 6) is 0.667. The van der Waals surface area contributed by atoms with Gasteiger partial charge in [-0.3, -0.25) is 0 Å². The van der Waals surface area contributed by atoms with Gasteiger partial charge in [0.2, 0.25) is 0 Å². The summed E-state index contributed by atoms with van der Waals surface area (Å²) in [6.45, 7) is 0.733. The van der Waals surface area contributed by atoms with E-state index in [-0.39, 0.29) is 13.2 Å². The molecule has 1 atom stereocenters. The first-order valence-corrected chi connectivity index (χ1v) is 13.8. The van der Waals surface area contributed by atoms with Crippen LogP contribution in [0.1, 0.15) is 30.5 Å². The highest BCUT2D eigenvalue weighted by atomic mass is 35.5. The third-order valence-electron chi connectivity index (χ3n) is 5.02. The zero-order chi connectivity index (χ0) is 22.6. The first kappa shape index (κ1) is 23.2. The van der Waals surface area contributed by atoms with E-state index in [9.17, 15) is 4.57 Å². The van der Waals surface area contributed by atoms with E-state index < -0.39 is 12.4 Å². The van der Waals surface area contributed by atoms with Crippen LogP contribution in [0.15, 0.2) is 84.9 Å². The molecule has 0 N–H and O–H groups in total. The summed E-state index contributed by atoms with van der Waals surface area (Å²) in [5.41, 5.74) is 1.52. The van der Waals surface area contributed by atoms with Crippen LogP contribution in [0, 0.1) is 0 Å². The number of fused-ring (bicyclic) bond motifs is 1. The molecule has 1 aliphatic rings. The van der Waals surface area contributed by atoms with Crippen LogP contribution in [0.5, 0.6) is 5.75 Å². The number of rotatable bonds is 8. The molecule has 0 radical (unpaired) electrons. The van der Waals surface area contributed by atoms with Gasteiger partial charge in [0.15, 0.2) is 5.60 Å². The lowest BCUT2D eigenvalue weighted by molar-refractivity contribution is 0.161. The molecule has 0 fully saturated rings. The molecule has 4 nitrogen and oxygen atoms in total. The topological polar surface area (TPSA) is 44.8 Å². The Kier molecular flexibility index (Phi) is 7.14. The molecule has 0 spiro atoms. The molecule has 0 saturated heterocycles. The van der Waals surface area contributed by atoms with Gasteiger partial charge in [-0.05, 0) is 43.4 Å². The minimum Gasteiger partial charge on any atom is -0.473 e. The Bertz CT molecular complexity index is 1160. The standard InChI is InChI=1S/C25H24ClO4PS/c1-3-28-31(27,29-4-2)32-24-18-25(19-12-6-5-7-13-19,21-15-9-10-16-22(21)26)30-23-17-11-8-14-20(23)24/h5-18H,3-4H2,1-2H3. The fraction of sp³-hybridized carbons (Fsp3) is 0.200. The highest BCUT2D eigenvalue weighted by molar-refractivity contribution is 8.59. The smallest absolute Gasteiger partial charge is 0.393 e. The van der Waals surface area contributed by atoms with Gasteiger partial charge in [-0.15, -0.1) is 0 Å². The second-order valence-electron chi connectivity index (χ2n) is 7.06. The first-order chi connectivity index (χ1) is 15.5. The Morgan fingerprint density at radius 1 is 0.906 bits per heavy atom. The second kappa shape index (κ2) is 9.86. The van der Waals surface area contributed by atoms with E-state index in [1.807, 2.05) is 84.9 Å². The lowest BCUT2D eigenvalue weighted by atomic mass is 9.83. The number of para-hydroxylation sites is 1. The van der Waals surface area contributed by atoms with Crippen LogP contribution < -0.4 is 4.74 Å². The van der Waals surface area contributed by atoms with Crippen LogP contribution in [0.2, 0.25) is 5.02 Å². The third kappa shape index (κ3) is 4.54. The van der Waals surface area contributed by atoms with Crippen molar-refractivity contribution in [2.75, 3.05) is 13.2 Å². The highest BCUT2D eigenvalue weighted by Crippen LogP contribution is 2.67. The molecule has 1 aliphatic heterocycles. The van der Waals surface area contributed by atoms with Gasteiger partial charge in [0, 0.05) is 26.6 Å². The van der Waals surface area contributed by atoms with Crippen molar-refractivity contribution in [2.24, 2.45) is 0 Å². The summed E-state index contributed by atoms with van der Waals surface area (Å²) >= 11 is 7.79. The van der Waals surface area contributed by atoms with E-state index >= 15 is 0 Å². The second-order valence-corrected chi connectivity index (χ2v) is 11.4. The average molecular weight is 487 g/mol. The summed E-state index contributed by atoms with van der Waals surface area (Å²) in [4.78, 5) is 0.751. The average Bonchev–Trinajstić information content (AvgIpc) is 2.80. The summed E-state index contributed by atoms with van der Waals surface area (Å²) < 4.78 is 31.3. The van der Waals surface area contributed by atoms with Gasteiger partial charge in [0.1, 0.15) is 5.75 Å². The van der Waals surface area contributed by atoms with Gasteiger partial charge >= 0.3 is 6.80 Å². The zero-order valence-electron chi connectivity index (χ0n) is 17.9. The Balaban J connectivity index is 1.96. The Labute approximate surface area is 197 Å². The lowest BCUT2D eigenvalue weighted by Gasteiger charge is -2.38. The fourth-order valence-electron chi connectivity index (χ4n) is 3.71. The molecule has 0 bridgehead atoms. The molecule has 3 aromatic carbocycles. The lowest BCUT2D eigenvalue weighted by Crippen LogP contribution is -2.35. The molecular weight excluding hydrogens is 463 g/mol. The van der Waals surface area contributed by atoms with Crippen molar-refractivity contribution < 1.29 is 18.3 Å². The van der Waals surface area contributed by atoms with Crippen molar-refractivity contribution in [3.8, 4) is 5.75 Å². The fourth-order valence-corrected chi connectivity index (χ4v) is 7.64. The van der Waals surface area contributed by atoms with Crippen LogP contribution in [-0.2, 0) is 19.2 Å². The van der Waals surface area contributed by atoms with Crippen LogP contribution in [0.25, 0.3) is 4.91 Å².